The van der Waals surface area contributed by atoms with Gasteiger partial charge < -0.3 is 4.42 Å². The maximum absolute atomic E-state index is 6.17. The molecule has 3 nitrogen and oxygen atoms in total. The van der Waals surface area contributed by atoms with Gasteiger partial charge in [0.1, 0.15) is 10.8 Å². The molecule has 28 heavy (non-hydrogen) atoms. The van der Waals surface area contributed by atoms with Gasteiger partial charge in [-0.2, -0.15) is 0 Å². The summed E-state index contributed by atoms with van der Waals surface area (Å²) in [6.45, 7) is 8.72. The Morgan fingerprint density at radius 1 is 0.893 bits per heavy atom. The molecule has 142 valence electrons. The third kappa shape index (κ3) is 3.52. The van der Waals surface area contributed by atoms with E-state index in [0.29, 0.717) is 11.8 Å². The number of hydrogen-bond donors (Lipinski definition) is 0. The fourth-order valence-corrected chi connectivity index (χ4v) is 3.89. The van der Waals surface area contributed by atoms with Crippen molar-refractivity contribution in [1.82, 2.24) is 9.97 Å². The van der Waals surface area contributed by atoms with Crippen LogP contribution in [0.4, 0.5) is 0 Å². The Morgan fingerprint density at radius 3 is 2.18 bits per heavy atom. The first-order valence-electron chi connectivity index (χ1n) is 9.52. The van der Waals surface area contributed by atoms with Gasteiger partial charge in [0.25, 0.3) is 0 Å². The van der Waals surface area contributed by atoms with E-state index in [-0.39, 0.29) is 5.41 Å². The summed E-state index contributed by atoms with van der Waals surface area (Å²) >= 11 is 1.65. The Bertz CT molecular complexity index is 1040. The zero-order chi connectivity index (χ0) is 19.7. The van der Waals surface area contributed by atoms with Crippen molar-refractivity contribution in [2.45, 2.75) is 39.0 Å². The van der Waals surface area contributed by atoms with Crippen LogP contribution in [0, 0.1) is 0 Å². The molecule has 4 rings (SSSR count). The Balaban J connectivity index is 1.59. The molecule has 0 saturated heterocycles. The van der Waals surface area contributed by atoms with Crippen LogP contribution in [0.15, 0.2) is 70.7 Å². The summed E-state index contributed by atoms with van der Waals surface area (Å²) in [6, 6.07) is 17.0. The maximum Gasteiger partial charge on any atom is 0.226 e. The Morgan fingerprint density at radius 2 is 1.57 bits per heavy atom. The van der Waals surface area contributed by atoms with Gasteiger partial charge in [0.15, 0.2) is 0 Å². The minimum Gasteiger partial charge on any atom is -0.440 e. The molecular weight excluding hydrogens is 364 g/mol. The molecule has 0 unspecified atom stereocenters. The van der Waals surface area contributed by atoms with Crippen LogP contribution >= 0.6 is 11.3 Å². The van der Waals surface area contributed by atoms with E-state index in [1.165, 1.54) is 11.1 Å². The highest BCUT2D eigenvalue weighted by Crippen LogP contribution is 2.35. The van der Waals surface area contributed by atoms with Gasteiger partial charge in [-0.25, -0.2) is 9.97 Å². The summed E-state index contributed by atoms with van der Waals surface area (Å²) in [7, 11) is 0. The number of hydrogen-bond acceptors (Lipinski definition) is 4. The number of aromatic nitrogens is 2. The molecule has 2 aromatic heterocycles. The lowest BCUT2D eigenvalue weighted by Crippen LogP contribution is -2.17. The summed E-state index contributed by atoms with van der Waals surface area (Å²) in [4.78, 5) is 8.92. The van der Waals surface area contributed by atoms with Crippen molar-refractivity contribution < 1.29 is 4.42 Å². The Kier molecular flexibility index (Phi) is 4.90. The topological polar surface area (TPSA) is 38.9 Å². The first-order chi connectivity index (χ1) is 13.4. The quantitative estimate of drug-likeness (QED) is 0.373. The van der Waals surface area contributed by atoms with Crippen molar-refractivity contribution in [3.8, 4) is 22.0 Å². The van der Waals surface area contributed by atoms with Crippen LogP contribution in [0.1, 0.15) is 50.5 Å². The maximum atomic E-state index is 6.17. The highest BCUT2D eigenvalue weighted by molar-refractivity contribution is 7.13. The summed E-state index contributed by atoms with van der Waals surface area (Å²) in [5.74, 6) is 2.04. The van der Waals surface area contributed by atoms with E-state index in [1.54, 1.807) is 11.3 Å². The first-order valence-corrected chi connectivity index (χ1v) is 10.4. The molecule has 0 N–H and O–H groups in total. The van der Waals surface area contributed by atoms with Gasteiger partial charge in [-0.1, -0.05) is 50.2 Å². The van der Waals surface area contributed by atoms with Gasteiger partial charge in [-0.05, 0) is 43.0 Å². The minimum absolute atomic E-state index is 0.273. The molecular formula is C24H24N2OS. The van der Waals surface area contributed by atoms with E-state index in [4.69, 9.17) is 4.42 Å². The SMILES string of the molecule is CC(C)c1ccc(-c2ncc(C(C)(C)c3ccc(-c4nccs4)cc3)o2)cc1. The van der Waals surface area contributed by atoms with Crippen LogP contribution in [-0.4, -0.2) is 9.97 Å². The standard InChI is InChI=1S/C24H24N2OS/c1-16(2)17-5-7-18(8-6-17)22-26-15-21(27-22)24(3,4)20-11-9-19(10-12-20)23-25-13-14-28-23/h5-16H,1-4H3. The summed E-state index contributed by atoms with van der Waals surface area (Å²) in [5, 5.41) is 3.04. The van der Waals surface area contributed by atoms with Crippen LogP contribution in [0.25, 0.3) is 22.0 Å². The second-order valence-electron chi connectivity index (χ2n) is 7.85. The number of nitrogens with zero attached hydrogens (tertiary/aromatic N) is 2. The van der Waals surface area contributed by atoms with Gasteiger partial charge in [0.05, 0.1) is 6.20 Å². The zero-order valence-corrected chi connectivity index (χ0v) is 17.5. The molecule has 0 aliphatic rings. The van der Waals surface area contributed by atoms with Gasteiger partial charge in [0.2, 0.25) is 5.89 Å². The molecule has 2 heterocycles. The van der Waals surface area contributed by atoms with Crippen LogP contribution in [0.2, 0.25) is 0 Å². The fourth-order valence-electron chi connectivity index (χ4n) is 3.24. The van der Waals surface area contributed by atoms with Gasteiger partial charge >= 0.3 is 0 Å². The molecule has 0 saturated carbocycles. The average molecular weight is 389 g/mol. The Hall–Kier alpha value is -2.72. The number of thiazole rings is 1. The van der Waals surface area contributed by atoms with Gasteiger partial charge in [-0.3, -0.25) is 0 Å². The number of oxazole rings is 1. The van der Waals surface area contributed by atoms with Crippen molar-refractivity contribution >= 4 is 11.3 Å². The third-order valence-electron chi connectivity index (χ3n) is 5.23. The fraction of sp³-hybridized carbons (Fsp3) is 0.250. The lowest BCUT2D eigenvalue weighted by atomic mass is 9.82. The van der Waals surface area contributed by atoms with Crippen LogP contribution < -0.4 is 0 Å². The molecule has 0 bridgehead atoms. The molecule has 0 amide bonds. The van der Waals surface area contributed by atoms with Crippen molar-refractivity contribution in [2.24, 2.45) is 0 Å². The highest BCUT2D eigenvalue weighted by atomic mass is 32.1. The molecule has 0 aliphatic carbocycles. The van der Waals surface area contributed by atoms with Crippen molar-refractivity contribution in [1.29, 1.82) is 0 Å². The third-order valence-corrected chi connectivity index (χ3v) is 6.05. The van der Waals surface area contributed by atoms with Gasteiger partial charge in [-0.15, -0.1) is 11.3 Å². The molecule has 4 aromatic rings. The van der Waals surface area contributed by atoms with E-state index >= 15 is 0 Å². The predicted octanol–water partition coefficient (Wildman–Crippen LogP) is 6.91. The number of rotatable bonds is 5. The van der Waals surface area contributed by atoms with Crippen LogP contribution in [0.3, 0.4) is 0 Å². The highest BCUT2D eigenvalue weighted by Gasteiger charge is 2.28. The molecule has 4 heteroatoms. The molecule has 0 spiro atoms. The summed E-state index contributed by atoms with van der Waals surface area (Å²) in [6.07, 6.45) is 3.68. The minimum atomic E-state index is -0.273. The molecule has 0 atom stereocenters. The van der Waals surface area contributed by atoms with E-state index in [0.717, 1.165) is 21.9 Å². The molecule has 0 fully saturated rings. The number of benzene rings is 2. The smallest absolute Gasteiger partial charge is 0.226 e. The largest absolute Gasteiger partial charge is 0.440 e. The van der Waals surface area contributed by atoms with Crippen LogP contribution in [0.5, 0.6) is 0 Å². The van der Waals surface area contributed by atoms with Crippen LogP contribution in [-0.2, 0) is 5.41 Å². The first kappa shape index (κ1) is 18.6. The lowest BCUT2D eigenvalue weighted by molar-refractivity contribution is 0.436. The van der Waals surface area contributed by atoms with Crippen molar-refractivity contribution in [3.63, 3.8) is 0 Å². The predicted molar refractivity (Wildman–Crippen MR) is 116 cm³/mol. The van der Waals surface area contributed by atoms with E-state index in [9.17, 15) is 0 Å². The second-order valence-corrected chi connectivity index (χ2v) is 8.74. The lowest BCUT2D eigenvalue weighted by Gasteiger charge is -2.22. The summed E-state index contributed by atoms with van der Waals surface area (Å²) < 4.78 is 6.17. The summed E-state index contributed by atoms with van der Waals surface area (Å²) in [5.41, 5.74) is 4.37. The van der Waals surface area contributed by atoms with Gasteiger partial charge in [0, 0.05) is 28.1 Å². The molecule has 2 aromatic carbocycles. The monoisotopic (exact) mass is 388 g/mol. The zero-order valence-electron chi connectivity index (χ0n) is 16.6. The van der Waals surface area contributed by atoms with Crippen molar-refractivity contribution in [3.05, 3.63) is 83.2 Å². The van der Waals surface area contributed by atoms with E-state index < -0.39 is 0 Å². The van der Waals surface area contributed by atoms with Crippen molar-refractivity contribution in [2.75, 3.05) is 0 Å². The van der Waals surface area contributed by atoms with E-state index in [1.807, 2.05) is 17.8 Å². The second kappa shape index (κ2) is 7.36. The van der Waals surface area contributed by atoms with E-state index in [2.05, 4.69) is 86.2 Å². The molecule has 0 aliphatic heterocycles. The molecule has 0 radical (unpaired) electrons. The average Bonchev–Trinajstić information content (AvgIpc) is 3.41. The normalized spacial score (nSPS) is 11.9. The Labute approximate surface area is 170 Å².